The average molecular weight is 207 g/mol. The molecule has 0 saturated heterocycles. The van der Waals surface area contributed by atoms with Gasteiger partial charge in [0.25, 0.3) is 0 Å². The van der Waals surface area contributed by atoms with Crippen molar-refractivity contribution in [2.75, 3.05) is 0 Å². The molecule has 0 saturated carbocycles. The predicted molar refractivity (Wildman–Crippen MR) is 59.6 cm³/mol. The first-order valence-corrected chi connectivity index (χ1v) is 4.91. The Labute approximate surface area is 88.7 Å². The SMILES string of the molecule is CCCC(/C=C/c1ccc(F)cc1)=N\O. The molecule has 1 rings (SSSR count). The van der Waals surface area contributed by atoms with Gasteiger partial charge in [0, 0.05) is 0 Å². The van der Waals surface area contributed by atoms with Gasteiger partial charge in [-0.25, -0.2) is 4.39 Å². The summed E-state index contributed by atoms with van der Waals surface area (Å²) < 4.78 is 12.6. The van der Waals surface area contributed by atoms with Crippen molar-refractivity contribution in [1.82, 2.24) is 0 Å². The molecule has 2 nitrogen and oxygen atoms in total. The fourth-order valence-electron chi connectivity index (χ4n) is 1.19. The minimum absolute atomic E-state index is 0.253. The van der Waals surface area contributed by atoms with E-state index in [0.717, 1.165) is 18.4 Å². The van der Waals surface area contributed by atoms with Crippen LogP contribution >= 0.6 is 0 Å². The molecule has 0 aliphatic rings. The van der Waals surface area contributed by atoms with Gasteiger partial charge in [-0.2, -0.15) is 0 Å². The van der Waals surface area contributed by atoms with Crippen LogP contribution in [0, 0.1) is 5.82 Å². The number of hydrogen-bond donors (Lipinski definition) is 1. The van der Waals surface area contributed by atoms with Gasteiger partial charge >= 0.3 is 0 Å². The molecule has 80 valence electrons. The monoisotopic (exact) mass is 207 g/mol. The van der Waals surface area contributed by atoms with E-state index in [2.05, 4.69) is 5.16 Å². The Morgan fingerprint density at radius 3 is 2.60 bits per heavy atom. The maximum atomic E-state index is 12.6. The minimum Gasteiger partial charge on any atom is -0.411 e. The van der Waals surface area contributed by atoms with Crippen molar-refractivity contribution in [3.05, 3.63) is 41.7 Å². The van der Waals surface area contributed by atoms with Crippen molar-refractivity contribution in [3.63, 3.8) is 0 Å². The van der Waals surface area contributed by atoms with Crippen molar-refractivity contribution >= 4 is 11.8 Å². The topological polar surface area (TPSA) is 32.6 Å². The van der Waals surface area contributed by atoms with Crippen LogP contribution in [0.25, 0.3) is 6.08 Å². The summed E-state index contributed by atoms with van der Waals surface area (Å²) >= 11 is 0. The molecule has 1 N–H and O–H groups in total. The number of benzene rings is 1. The maximum absolute atomic E-state index is 12.6. The van der Waals surface area contributed by atoms with Crippen LogP contribution < -0.4 is 0 Å². The van der Waals surface area contributed by atoms with Gasteiger partial charge in [-0.15, -0.1) is 0 Å². The molecule has 0 aromatic heterocycles. The molecule has 0 amide bonds. The summed E-state index contributed by atoms with van der Waals surface area (Å²) in [6, 6.07) is 6.14. The standard InChI is InChI=1S/C12H14FNO/c1-2-3-12(14-15)9-6-10-4-7-11(13)8-5-10/h4-9,15H,2-3H2,1H3/b9-6+,14-12+. The zero-order chi connectivity index (χ0) is 11.1. The molecule has 1 aromatic rings. The van der Waals surface area contributed by atoms with E-state index in [-0.39, 0.29) is 5.82 Å². The third-order valence-corrected chi connectivity index (χ3v) is 1.97. The lowest BCUT2D eigenvalue weighted by Crippen LogP contribution is -1.91. The summed E-state index contributed by atoms with van der Waals surface area (Å²) in [5.41, 5.74) is 1.51. The van der Waals surface area contributed by atoms with Gasteiger partial charge in [-0.1, -0.05) is 36.7 Å². The van der Waals surface area contributed by atoms with Crippen LogP contribution in [-0.2, 0) is 0 Å². The van der Waals surface area contributed by atoms with Gasteiger partial charge in [0.1, 0.15) is 5.82 Å². The minimum atomic E-state index is -0.253. The van der Waals surface area contributed by atoms with Crippen LogP contribution in [0.5, 0.6) is 0 Å². The highest BCUT2D eigenvalue weighted by Crippen LogP contribution is 2.05. The van der Waals surface area contributed by atoms with Gasteiger partial charge in [-0.3, -0.25) is 0 Å². The fourth-order valence-corrected chi connectivity index (χ4v) is 1.19. The van der Waals surface area contributed by atoms with Crippen molar-refractivity contribution < 1.29 is 9.60 Å². The highest BCUT2D eigenvalue weighted by Gasteiger charge is 1.93. The highest BCUT2D eigenvalue weighted by atomic mass is 19.1. The molecule has 0 bridgehead atoms. The van der Waals surface area contributed by atoms with Gasteiger partial charge in [0.15, 0.2) is 0 Å². The quantitative estimate of drug-likeness (QED) is 0.457. The van der Waals surface area contributed by atoms with Gasteiger partial charge < -0.3 is 5.21 Å². The molecule has 0 fully saturated rings. The Hall–Kier alpha value is -1.64. The molecule has 1 aromatic carbocycles. The van der Waals surface area contributed by atoms with E-state index in [4.69, 9.17) is 5.21 Å². The molecular weight excluding hydrogens is 193 g/mol. The first-order valence-electron chi connectivity index (χ1n) is 4.91. The Balaban J connectivity index is 2.68. The number of halogens is 1. The second kappa shape index (κ2) is 5.96. The summed E-state index contributed by atoms with van der Waals surface area (Å²) in [6.07, 6.45) is 5.18. The summed E-state index contributed by atoms with van der Waals surface area (Å²) in [5, 5.41) is 11.8. The molecule has 0 aliphatic carbocycles. The number of oxime groups is 1. The van der Waals surface area contributed by atoms with Crippen LogP contribution in [-0.4, -0.2) is 10.9 Å². The summed E-state index contributed by atoms with van der Waals surface area (Å²) in [5.74, 6) is -0.253. The molecule has 15 heavy (non-hydrogen) atoms. The second-order valence-corrected chi connectivity index (χ2v) is 3.23. The van der Waals surface area contributed by atoms with E-state index in [1.54, 1.807) is 24.3 Å². The lowest BCUT2D eigenvalue weighted by atomic mass is 10.1. The third kappa shape index (κ3) is 3.94. The third-order valence-electron chi connectivity index (χ3n) is 1.97. The lowest BCUT2D eigenvalue weighted by Gasteiger charge is -1.95. The Morgan fingerprint density at radius 2 is 2.07 bits per heavy atom. The predicted octanol–water partition coefficient (Wildman–Crippen LogP) is 3.47. The molecule has 0 unspecified atom stereocenters. The zero-order valence-electron chi connectivity index (χ0n) is 8.65. The Morgan fingerprint density at radius 1 is 1.40 bits per heavy atom. The number of allylic oxidation sites excluding steroid dienone is 1. The van der Waals surface area contributed by atoms with Crippen molar-refractivity contribution in [2.45, 2.75) is 19.8 Å². The normalized spacial score (nSPS) is 12.3. The number of rotatable bonds is 4. The van der Waals surface area contributed by atoms with Crippen molar-refractivity contribution in [3.8, 4) is 0 Å². The van der Waals surface area contributed by atoms with Crippen molar-refractivity contribution in [1.29, 1.82) is 0 Å². The van der Waals surface area contributed by atoms with Crippen molar-refractivity contribution in [2.24, 2.45) is 5.16 Å². The van der Waals surface area contributed by atoms with E-state index in [9.17, 15) is 4.39 Å². The summed E-state index contributed by atoms with van der Waals surface area (Å²) in [4.78, 5) is 0. The molecule has 0 heterocycles. The first kappa shape index (κ1) is 11.4. The van der Waals surface area contributed by atoms with E-state index < -0.39 is 0 Å². The Bertz CT molecular complexity index is 354. The Kier molecular flexibility index (Phi) is 4.54. The molecule has 0 spiro atoms. The van der Waals surface area contributed by atoms with Gasteiger partial charge in [0.2, 0.25) is 0 Å². The van der Waals surface area contributed by atoms with E-state index >= 15 is 0 Å². The van der Waals surface area contributed by atoms with Crippen LogP contribution in [0.4, 0.5) is 4.39 Å². The smallest absolute Gasteiger partial charge is 0.123 e. The first-order chi connectivity index (χ1) is 7.26. The number of hydrogen-bond acceptors (Lipinski definition) is 2. The summed E-state index contributed by atoms with van der Waals surface area (Å²) in [6.45, 7) is 2.01. The van der Waals surface area contributed by atoms with E-state index in [0.29, 0.717) is 5.71 Å². The van der Waals surface area contributed by atoms with Crippen LogP contribution in [0.2, 0.25) is 0 Å². The summed E-state index contributed by atoms with van der Waals surface area (Å²) in [7, 11) is 0. The lowest BCUT2D eigenvalue weighted by molar-refractivity contribution is 0.318. The van der Waals surface area contributed by atoms with E-state index in [1.807, 2.05) is 6.92 Å². The maximum Gasteiger partial charge on any atom is 0.123 e. The molecule has 3 heteroatoms. The van der Waals surface area contributed by atoms with E-state index in [1.165, 1.54) is 12.1 Å². The van der Waals surface area contributed by atoms with Gasteiger partial charge in [-0.05, 0) is 30.2 Å². The van der Waals surface area contributed by atoms with Crippen LogP contribution in [0.3, 0.4) is 0 Å². The second-order valence-electron chi connectivity index (χ2n) is 3.23. The van der Waals surface area contributed by atoms with Crippen LogP contribution in [0.1, 0.15) is 25.3 Å². The number of nitrogens with zero attached hydrogens (tertiary/aromatic N) is 1. The fraction of sp³-hybridized carbons (Fsp3) is 0.250. The average Bonchev–Trinajstić information content (AvgIpc) is 2.26. The van der Waals surface area contributed by atoms with Gasteiger partial charge in [0.05, 0.1) is 5.71 Å². The molecule has 0 radical (unpaired) electrons. The molecular formula is C12H14FNO. The highest BCUT2D eigenvalue weighted by molar-refractivity contribution is 5.97. The molecule has 0 aliphatic heterocycles. The largest absolute Gasteiger partial charge is 0.411 e. The molecule has 0 atom stereocenters. The zero-order valence-corrected chi connectivity index (χ0v) is 8.65. The van der Waals surface area contributed by atoms with Crippen LogP contribution in [0.15, 0.2) is 35.5 Å².